The summed E-state index contributed by atoms with van der Waals surface area (Å²) in [7, 11) is 0. The number of hydrogen-bond acceptors (Lipinski definition) is 4. The zero-order valence-electron chi connectivity index (χ0n) is 11.4. The molecule has 0 saturated carbocycles. The van der Waals surface area contributed by atoms with Crippen molar-refractivity contribution < 1.29 is 9.47 Å². The summed E-state index contributed by atoms with van der Waals surface area (Å²) in [5, 5.41) is 0. The summed E-state index contributed by atoms with van der Waals surface area (Å²) in [5.74, 6) is 0. The Kier molecular flexibility index (Phi) is 3.78. The van der Waals surface area contributed by atoms with Crippen LogP contribution >= 0.6 is 0 Å². The Morgan fingerprint density at radius 1 is 1.41 bits per heavy atom. The van der Waals surface area contributed by atoms with Crippen molar-refractivity contribution in [2.24, 2.45) is 11.1 Å². The molecule has 4 heteroatoms. The molecule has 2 heterocycles. The Bertz CT molecular complexity index is 262. The Balaban J connectivity index is 1.97. The van der Waals surface area contributed by atoms with Gasteiger partial charge in [-0.3, -0.25) is 4.90 Å². The minimum Gasteiger partial charge on any atom is -0.381 e. The second-order valence-corrected chi connectivity index (χ2v) is 6.36. The highest BCUT2D eigenvalue weighted by atomic mass is 16.5. The van der Waals surface area contributed by atoms with E-state index in [1.807, 2.05) is 0 Å². The van der Waals surface area contributed by atoms with E-state index in [2.05, 4.69) is 25.7 Å². The van der Waals surface area contributed by atoms with Crippen molar-refractivity contribution in [2.75, 3.05) is 39.4 Å². The van der Waals surface area contributed by atoms with Crippen molar-refractivity contribution in [3.8, 4) is 0 Å². The van der Waals surface area contributed by atoms with Gasteiger partial charge in [0.25, 0.3) is 0 Å². The summed E-state index contributed by atoms with van der Waals surface area (Å²) in [5.41, 5.74) is 6.08. The predicted molar refractivity (Wildman–Crippen MR) is 68.0 cm³/mol. The van der Waals surface area contributed by atoms with Crippen molar-refractivity contribution in [2.45, 2.75) is 38.9 Å². The Labute approximate surface area is 104 Å². The zero-order valence-corrected chi connectivity index (χ0v) is 11.4. The molecule has 0 bridgehead atoms. The maximum Gasteiger partial charge on any atom is 0.0757 e. The van der Waals surface area contributed by atoms with Crippen LogP contribution in [-0.4, -0.2) is 56.0 Å². The van der Waals surface area contributed by atoms with Gasteiger partial charge in [-0.15, -0.1) is 0 Å². The zero-order chi connectivity index (χ0) is 12.5. The monoisotopic (exact) mass is 242 g/mol. The van der Waals surface area contributed by atoms with Crippen molar-refractivity contribution in [3.63, 3.8) is 0 Å². The summed E-state index contributed by atoms with van der Waals surface area (Å²) in [6, 6.07) is 0. The molecule has 4 nitrogen and oxygen atoms in total. The van der Waals surface area contributed by atoms with Crippen LogP contribution in [0.5, 0.6) is 0 Å². The molecule has 2 saturated heterocycles. The fraction of sp³-hybridized carbons (Fsp3) is 1.00. The summed E-state index contributed by atoms with van der Waals surface area (Å²) in [6.45, 7) is 11.9. The molecule has 2 fully saturated rings. The topological polar surface area (TPSA) is 47.7 Å². The van der Waals surface area contributed by atoms with E-state index >= 15 is 0 Å². The summed E-state index contributed by atoms with van der Waals surface area (Å²) < 4.78 is 11.5. The number of nitrogens with two attached hydrogens (primary N) is 1. The first-order valence-corrected chi connectivity index (χ1v) is 6.63. The molecule has 0 amide bonds. The van der Waals surface area contributed by atoms with E-state index in [4.69, 9.17) is 15.2 Å². The number of rotatable bonds is 3. The number of hydrogen-bond donors (Lipinski definition) is 1. The third-order valence-electron chi connectivity index (χ3n) is 3.82. The van der Waals surface area contributed by atoms with Crippen LogP contribution in [0, 0.1) is 5.41 Å². The van der Waals surface area contributed by atoms with Crippen molar-refractivity contribution in [1.29, 1.82) is 0 Å². The van der Waals surface area contributed by atoms with Gasteiger partial charge >= 0.3 is 0 Å². The molecule has 0 aromatic carbocycles. The third kappa shape index (κ3) is 3.19. The molecular formula is C13H26N2O2. The lowest BCUT2D eigenvalue weighted by molar-refractivity contribution is -0.134. The van der Waals surface area contributed by atoms with Gasteiger partial charge < -0.3 is 15.2 Å². The van der Waals surface area contributed by atoms with Gasteiger partial charge in [-0.2, -0.15) is 0 Å². The number of nitrogens with zero attached hydrogens (tertiary/aromatic N) is 1. The van der Waals surface area contributed by atoms with Gasteiger partial charge in [-0.05, 0) is 27.2 Å². The molecule has 0 aliphatic carbocycles. The molecule has 0 radical (unpaired) electrons. The SMILES string of the molecule is CC1CN(CC2(CN)CCOC2)CC(C)(C)O1. The van der Waals surface area contributed by atoms with Gasteiger partial charge in [0.2, 0.25) is 0 Å². The van der Waals surface area contributed by atoms with E-state index in [1.54, 1.807) is 0 Å². The Hall–Kier alpha value is -0.160. The third-order valence-corrected chi connectivity index (χ3v) is 3.82. The minimum absolute atomic E-state index is 0.0487. The molecule has 2 rings (SSSR count). The van der Waals surface area contributed by atoms with Crippen LogP contribution in [0.25, 0.3) is 0 Å². The largest absolute Gasteiger partial charge is 0.381 e. The van der Waals surface area contributed by atoms with Crippen LogP contribution < -0.4 is 5.73 Å². The summed E-state index contributed by atoms with van der Waals surface area (Å²) in [6.07, 6.45) is 1.39. The Morgan fingerprint density at radius 3 is 2.71 bits per heavy atom. The second kappa shape index (κ2) is 4.84. The minimum atomic E-state index is -0.0487. The molecule has 2 atom stereocenters. The first kappa shape index (κ1) is 13.3. The first-order valence-electron chi connectivity index (χ1n) is 6.63. The van der Waals surface area contributed by atoms with E-state index < -0.39 is 0 Å². The van der Waals surface area contributed by atoms with Crippen molar-refractivity contribution in [1.82, 2.24) is 4.90 Å². The lowest BCUT2D eigenvalue weighted by Gasteiger charge is -2.44. The molecule has 0 aromatic rings. The molecular weight excluding hydrogens is 216 g/mol. The van der Waals surface area contributed by atoms with Gasteiger partial charge in [0.05, 0.1) is 18.3 Å². The maximum absolute atomic E-state index is 5.95. The fourth-order valence-corrected chi connectivity index (χ4v) is 3.18. The maximum atomic E-state index is 5.95. The average Bonchev–Trinajstić information content (AvgIpc) is 2.63. The van der Waals surface area contributed by atoms with Gasteiger partial charge in [-0.1, -0.05) is 0 Å². The van der Waals surface area contributed by atoms with Gasteiger partial charge in [0, 0.05) is 38.2 Å². The lowest BCUT2D eigenvalue weighted by atomic mass is 9.86. The van der Waals surface area contributed by atoms with Crippen LogP contribution in [0.2, 0.25) is 0 Å². The van der Waals surface area contributed by atoms with Gasteiger partial charge in [-0.25, -0.2) is 0 Å². The van der Waals surface area contributed by atoms with Crippen LogP contribution in [-0.2, 0) is 9.47 Å². The molecule has 0 spiro atoms. The molecule has 17 heavy (non-hydrogen) atoms. The average molecular weight is 242 g/mol. The second-order valence-electron chi connectivity index (χ2n) is 6.36. The van der Waals surface area contributed by atoms with Crippen molar-refractivity contribution in [3.05, 3.63) is 0 Å². The van der Waals surface area contributed by atoms with Crippen LogP contribution in [0.15, 0.2) is 0 Å². The standard InChI is InChI=1S/C13H26N2O2/c1-11-6-15(8-12(2,3)17-11)9-13(7-14)4-5-16-10-13/h11H,4-10,14H2,1-3H3. The van der Waals surface area contributed by atoms with E-state index in [0.29, 0.717) is 6.10 Å². The van der Waals surface area contributed by atoms with Crippen molar-refractivity contribution >= 4 is 0 Å². The highest BCUT2D eigenvalue weighted by Gasteiger charge is 2.39. The normalized spacial score (nSPS) is 38.5. The molecule has 2 unspecified atom stereocenters. The van der Waals surface area contributed by atoms with E-state index in [0.717, 1.165) is 45.8 Å². The summed E-state index contributed by atoms with van der Waals surface area (Å²) in [4.78, 5) is 2.50. The van der Waals surface area contributed by atoms with Gasteiger partial charge in [0.1, 0.15) is 0 Å². The van der Waals surface area contributed by atoms with Crippen LogP contribution in [0.4, 0.5) is 0 Å². The highest BCUT2D eigenvalue weighted by molar-refractivity contribution is 4.91. The van der Waals surface area contributed by atoms with Crippen LogP contribution in [0.3, 0.4) is 0 Å². The molecule has 100 valence electrons. The fourth-order valence-electron chi connectivity index (χ4n) is 3.18. The molecule has 0 aromatic heterocycles. The van der Waals surface area contributed by atoms with E-state index in [9.17, 15) is 0 Å². The number of ether oxygens (including phenoxy) is 2. The smallest absolute Gasteiger partial charge is 0.0757 e. The highest BCUT2D eigenvalue weighted by Crippen LogP contribution is 2.31. The van der Waals surface area contributed by atoms with E-state index in [-0.39, 0.29) is 11.0 Å². The molecule has 2 aliphatic heterocycles. The summed E-state index contributed by atoms with van der Waals surface area (Å²) >= 11 is 0. The molecule has 2 N–H and O–H groups in total. The predicted octanol–water partition coefficient (Wildman–Crippen LogP) is 0.851. The van der Waals surface area contributed by atoms with Gasteiger partial charge in [0.15, 0.2) is 0 Å². The quantitative estimate of drug-likeness (QED) is 0.797. The van der Waals surface area contributed by atoms with Crippen LogP contribution in [0.1, 0.15) is 27.2 Å². The molecule has 2 aliphatic rings. The van der Waals surface area contributed by atoms with E-state index in [1.165, 1.54) is 0 Å². The Morgan fingerprint density at radius 2 is 2.18 bits per heavy atom. The first-order chi connectivity index (χ1) is 7.95. The number of morpholine rings is 1. The lowest BCUT2D eigenvalue weighted by Crippen LogP contribution is -2.55.